The number of aliphatic hydroxyl groups excluding tert-OH is 1. The molecule has 3 rings (SSSR count). The molecule has 2 aromatic rings. The fraction of sp³-hybridized carbons (Fsp3) is 0.368. The van der Waals surface area contributed by atoms with Gasteiger partial charge in [0.05, 0.1) is 6.61 Å². The Kier molecular flexibility index (Phi) is 6.17. The highest BCUT2D eigenvalue weighted by molar-refractivity contribution is 9.10. The highest BCUT2D eigenvalue weighted by Gasteiger charge is 2.24. The van der Waals surface area contributed by atoms with Crippen molar-refractivity contribution in [3.8, 4) is 5.75 Å². The van der Waals surface area contributed by atoms with Crippen LogP contribution in [0.15, 0.2) is 46.9 Å². The molecule has 0 spiro atoms. The van der Waals surface area contributed by atoms with Gasteiger partial charge in [-0.2, -0.15) is 0 Å². The summed E-state index contributed by atoms with van der Waals surface area (Å²) in [5.41, 5.74) is 2.22. The molecule has 1 atom stereocenters. The molecule has 3 nitrogen and oxygen atoms in total. The summed E-state index contributed by atoms with van der Waals surface area (Å²) in [4.78, 5) is 2.33. The van der Waals surface area contributed by atoms with E-state index in [-0.39, 0.29) is 12.6 Å². The summed E-state index contributed by atoms with van der Waals surface area (Å²) in [5.74, 6) is 0.886. The van der Waals surface area contributed by atoms with Crippen LogP contribution >= 0.6 is 27.5 Å². The van der Waals surface area contributed by atoms with E-state index in [1.165, 1.54) is 0 Å². The number of hydrogen-bond acceptors (Lipinski definition) is 3. The van der Waals surface area contributed by atoms with Gasteiger partial charge in [0.1, 0.15) is 12.4 Å². The smallest absolute Gasteiger partial charge is 0.124 e. The zero-order valence-electron chi connectivity index (χ0n) is 13.4. The molecular weight excluding hydrogens is 390 g/mol. The average Bonchev–Trinajstić information content (AvgIpc) is 3.03. The second-order valence-electron chi connectivity index (χ2n) is 6.12. The third kappa shape index (κ3) is 4.51. The topological polar surface area (TPSA) is 32.7 Å². The molecule has 1 N–H and O–H groups in total. The number of likely N-dealkylation sites (tertiary alicyclic amines) is 1. The second kappa shape index (κ2) is 8.34. The molecular formula is C19H21BrClNO2. The van der Waals surface area contributed by atoms with E-state index < -0.39 is 0 Å². The number of ether oxygens (including phenoxy) is 1. The number of halogens is 2. The van der Waals surface area contributed by atoms with E-state index in [2.05, 4.69) is 26.9 Å². The van der Waals surface area contributed by atoms with E-state index >= 15 is 0 Å². The van der Waals surface area contributed by atoms with Crippen LogP contribution < -0.4 is 4.74 Å². The minimum atomic E-state index is 0.217. The molecule has 0 amide bonds. The summed E-state index contributed by atoms with van der Waals surface area (Å²) < 4.78 is 7.08. The fourth-order valence-corrected chi connectivity index (χ4v) is 3.62. The van der Waals surface area contributed by atoms with Crippen LogP contribution in [-0.2, 0) is 13.2 Å². The summed E-state index contributed by atoms with van der Waals surface area (Å²) >= 11 is 9.47. The van der Waals surface area contributed by atoms with Crippen molar-refractivity contribution in [1.82, 2.24) is 4.90 Å². The van der Waals surface area contributed by atoms with Gasteiger partial charge in [0.15, 0.2) is 0 Å². The molecule has 24 heavy (non-hydrogen) atoms. The Morgan fingerprint density at radius 1 is 1.21 bits per heavy atom. The summed E-state index contributed by atoms with van der Waals surface area (Å²) in [7, 11) is 0. The van der Waals surface area contributed by atoms with Crippen LogP contribution in [0.5, 0.6) is 5.75 Å². The zero-order chi connectivity index (χ0) is 16.9. The van der Waals surface area contributed by atoms with Crippen molar-refractivity contribution in [3.05, 3.63) is 63.1 Å². The van der Waals surface area contributed by atoms with Gasteiger partial charge in [0.25, 0.3) is 0 Å². The lowest BCUT2D eigenvalue weighted by Crippen LogP contribution is -2.31. The normalized spacial score (nSPS) is 18.0. The zero-order valence-corrected chi connectivity index (χ0v) is 15.8. The third-order valence-electron chi connectivity index (χ3n) is 4.41. The van der Waals surface area contributed by atoms with Crippen molar-refractivity contribution in [2.75, 3.05) is 13.2 Å². The van der Waals surface area contributed by atoms with Crippen molar-refractivity contribution >= 4 is 27.5 Å². The Morgan fingerprint density at radius 3 is 2.75 bits per heavy atom. The van der Waals surface area contributed by atoms with Gasteiger partial charge in [-0.3, -0.25) is 4.90 Å². The Bertz CT molecular complexity index is 678. The van der Waals surface area contributed by atoms with E-state index in [0.717, 1.165) is 52.3 Å². The molecule has 1 aliphatic rings. The first-order valence-corrected chi connectivity index (χ1v) is 9.33. The van der Waals surface area contributed by atoms with Crippen LogP contribution in [0.25, 0.3) is 0 Å². The highest BCUT2D eigenvalue weighted by atomic mass is 79.9. The van der Waals surface area contributed by atoms with Gasteiger partial charge in [-0.05, 0) is 55.3 Å². The van der Waals surface area contributed by atoms with Gasteiger partial charge >= 0.3 is 0 Å². The third-order valence-corrected chi connectivity index (χ3v) is 5.16. The molecule has 1 aliphatic heterocycles. The largest absolute Gasteiger partial charge is 0.489 e. The lowest BCUT2D eigenvalue weighted by molar-refractivity contribution is 0.152. The molecule has 0 saturated carbocycles. The number of rotatable bonds is 6. The summed E-state index contributed by atoms with van der Waals surface area (Å²) in [6.45, 7) is 2.54. The summed E-state index contributed by atoms with van der Waals surface area (Å²) in [5, 5.41) is 10.2. The van der Waals surface area contributed by atoms with Gasteiger partial charge in [-0.1, -0.05) is 39.7 Å². The first-order valence-electron chi connectivity index (χ1n) is 8.16. The Balaban J connectivity index is 1.71. The van der Waals surface area contributed by atoms with Gasteiger partial charge in [-0.15, -0.1) is 0 Å². The van der Waals surface area contributed by atoms with Crippen LogP contribution in [0.3, 0.4) is 0 Å². The number of nitrogens with zero attached hydrogens (tertiary/aromatic N) is 1. The number of hydrogen-bond donors (Lipinski definition) is 1. The van der Waals surface area contributed by atoms with Crippen molar-refractivity contribution in [3.63, 3.8) is 0 Å². The first-order chi connectivity index (χ1) is 11.7. The van der Waals surface area contributed by atoms with Gasteiger partial charge in [0, 0.05) is 27.6 Å². The first kappa shape index (κ1) is 17.7. The summed E-state index contributed by atoms with van der Waals surface area (Å²) in [6, 6.07) is 14.1. The quantitative estimate of drug-likeness (QED) is 0.753. The maximum absolute atomic E-state index is 9.52. The van der Waals surface area contributed by atoms with Crippen LogP contribution in [0.2, 0.25) is 5.02 Å². The van der Waals surface area contributed by atoms with E-state index in [4.69, 9.17) is 16.3 Å². The van der Waals surface area contributed by atoms with E-state index in [0.29, 0.717) is 6.61 Å². The predicted molar refractivity (Wildman–Crippen MR) is 100 cm³/mol. The second-order valence-corrected chi connectivity index (χ2v) is 7.47. The lowest BCUT2D eigenvalue weighted by atomic mass is 10.1. The van der Waals surface area contributed by atoms with Crippen LogP contribution in [0.4, 0.5) is 0 Å². The lowest BCUT2D eigenvalue weighted by Gasteiger charge is -2.24. The molecule has 0 aromatic heterocycles. The number of aliphatic hydroxyl groups is 1. The molecule has 128 valence electrons. The molecule has 0 aliphatic carbocycles. The SMILES string of the molecule is OC[C@H]1CCCN1Cc1cc(Br)ccc1OCc1ccc(Cl)cc1. The molecule has 5 heteroatoms. The van der Waals surface area contributed by atoms with Crippen molar-refractivity contribution in [2.24, 2.45) is 0 Å². The highest BCUT2D eigenvalue weighted by Crippen LogP contribution is 2.28. The maximum atomic E-state index is 9.52. The molecule has 1 fully saturated rings. The van der Waals surface area contributed by atoms with Gasteiger partial charge < -0.3 is 9.84 Å². The predicted octanol–water partition coefficient (Wildman–Crippen LogP) is 4.64. The monoisotopic (exact) mass is 409 g/mol. The molecule has 0 radical (unpaired) electrons. The van der Waals surface area contributed by atoms with Crippen LogP contribution in [0.1, 0.15) is 24.0 Å². The van der Waals surface area contributed by atoms with Crippen molar-refractivity contribution < 1.29 is 9.84 Å². The summed E-state index contributed by atoms with van der Waals surface area (Å²) in [6.07, 6.45) is 2.20. The van der Waals surface area contributed by atoms with Crippen LogP contribution in [-0.4, -0.2) is 29.2 Å². The van der Waals surface area contributed by atoms with Gasteiger partial charge in [-0.25, -0.2) is 0 Å². The molecule has 0 bridgehead atoms. The minimum Gasteiger partial charge on any atom is -0.489 e. The molecule has 0 unspecified atom stereocenters. The molecule has 1 saturated heterocycles. The molecule has 1 heterocycles. The molecule has 2 aromatic carbocycles. The van der Waals surface area contributed by atoms with E-state index in [1.54, 1.807) is 0 Å². The van der Waals surface area contributed by atoms with E-state index in [9.17, 15) is 5.11 Å². The van der Waals surface area contributed by atoms with Crippen molar-refractivity contribution in [1.29, 1.82) is 0 Å². The van der Waals surface area contributed by atoms with Crippen LogP contribution in [0, 0.1) is 0 Å². The minimum absolute atomic E-state index is 0.217. The Hall–Kier alpha value is -1.07. The number of benzene rings is 2. The Morgan fingerprint density at radius 2 is 2.00 bits per heavy atom. The maximum Gasteiger partial charge on any atom is 0.124 e. The van der Waals surface area contributed by atoms with Crippen molar-refractivity contribution in [2.45, 2.75) is 32.0 Å². The fourth-order valence-electron chi connectivity index (χ4n) is 3.08. The Labute approximate surface area is 156 Å². The average molecular weight is 411 g/mol. The van der Waals surface area contributed by atoms with E-state index in [1.807, 2.05) is 36.4 Å². The van der Waals surface area contributed by atoms with Gasteiger partial charge in [0.2, 0.25) is 0 Å². The standard InChI is InChI=1S/C19H21BrClNO2/c20-16-5-8-19(24-13-14-3-6-17(21)7-4-14)15(10-16)11-22-9-1-2-18(22)12-23/h3-8,10,18,23H,1-2,9,11-13H2/t18-/m1/s1.